The number of carbonyl (C=O) groups is 1. The van der Waals surface area contributed by atoms with Gasteiger partial charge in [-0.05, 0) is 40.0 Å². The third-order valence-electron chi connectivity index (χ3n) is 3.77. The molecule has 1 atom stereocenters. The van der Waals surface area contributed by atoms with Crippen LogP contribution in [0.4, 0.5) is 0 Å². The first kappa shape index (κ1) is 14.3. The molecule has 1 aliphatic carbocycles. The molecule has 21 heavy (non-hydrogen) atoms. The van der Waals surface area contributed by atoms with E-state index in [1.165, 1.54) is 4.88 Å². The summed E-state index contributed by atoms with van der Waals surface area (Å²) in [4.78, 5) is 18.0. The molecule has 0 spiro atoms. The smallest absolute Gasteiger partial charge is 0.315 e. The molecule has 0 saturated carbocycles. The van der Waals surface area contributed by atoms with Crippen molar-refractivity contribution in [2.45, 2.75) is 46.0 Å². The minimum absolute atomic E-state index is 0.158. The van der Waals surface area contributed by atoms with Gasteiger partial charge in [0.2, 0.25) is 0 Å². The highest BCUT2D eigenvalue weighted by atomic mass is 32.1. The van der Waals surface area contributed by atoms with Crippen LogP contribution in [0.5, 0.6) is 0 Å². The summed E-state index contributed by atoms with van der Waals surface area (Å²) in [6.45, 7) is 6.04. The molecule has 5 nitrogen and oxygen atoms in total. The molecule has 2 aromatic heterocycles. The number of aromatic nitrogens is 2. The van der Waals surface area contributed by atoms with Gasteiger partial charge in [-0.15, -0.1) is 11.3 Å². The molecule has 0 bridgehead atoms. The monoisotopic (exact) mass is 306 g/mol. The number of esters is 1. The first-order valence-electron chi connectivity index (χ1n) is 7.21. The normalized spacial score (nSPS) is 17.6. The maximum Gasteiger partial charge on any atom is 0.315 e. The number of carbonyl (C=O) groups excluding carboxylic acids is 1. The van der Waals surface area contributed by atoms with Crippen molar-refractivity contribution in [3.63, 3.8) is 0 Å². The van der Waals surface area contributed by atoms with Crippen LogP contribution in [0.3, 0.4) is 0 Å². The van der Waals surface area contributed by atoms with E-state index in [1.54, 1.807) is 11.3 Å². The maximum atomic E-state index is 12.1. The largest absolute Gasteiger partial charge is 0.465 e. The summed E-state index contributed by atoms with van der Waals surface area (Å²) in [5.74, 6) is 0.388. The minimum Gasteiger partial charge on any atom is -0.465 e. The van der Waals surface area contributed by atoms with Gasteiger partial charge >= 0.3 is 5.97 Å². The molecular weight excluding hydrogens is 288 g/mol. The SMILES string of the molecule is CCOC(=O)C1CCCc2sc(-c3c(C)noc3C)nc21. The topological polar surface area (TPSA) is 65.2 Å². The quantitative estimate of drug-likeness (QED) is 0.813. The zero-order valence-corrected chi connectivity index (χ0v) is 13.2. The van der Waals surface area contributed by atoms with Gasteiger partial charge in [0.1, 0.15) is 16.7 Å². The second-order valence-electron chi connectivity index (χ2n) is 5.22. The number of thiazole rings is 1. The molecule has 0 saturated heterocycles. The molecule has 2 heterocycles. The Morgan fingerprint density at radius 2 is 2.29 bits per heavy atom. The van der Waals surface area contributed by atoms with Crippen molar-refractivity contribution in [2.75, 3.05) is 6.61 Å². The number of hydrogen-bond donors (Lipinski definition) is 0. The predicted molar refractivity (Wildman–Crippen MR) is 79.4 cm³/mol. The Balaban J connectivity index is 2.00. The average Bonchev–Trinajstić information content (AvgIpc) is 3.01. The first-order chi connectivity index (χ1) is 10.1. The Morgan fingerprint density at radius 1 is 1.48 bits per heavy atom. The Labute approximate surface area is 127 Å². The van der Waals surface area contributed by atoms with Crippen molar-refractivity contribution in [1.82, 2.24) is 10.1 Å². The minimum atomic E-state index is -0.223. The van der Waals surface area contributed by atoms with E-state index in [0.717, 1.165) is 47.0 Å². The molecule has 3 rings (SSSR count). The van der Waals surface area contributed by atoms with E-state index in [4.69, 9.17) is 14.2 Å². The second-order valence-corrected chi connectivity index (χ2v) is 6.31. The van der Waals surface area contributed by atoms with Crippen LogP contribution < -0.4 is 0 Å². The highest BCUT2D eigenvalue weighted by Gasteiger charge is 2.32. The van der Waals surface area contributed by atoms with Gasteiger partial charge in [-0.1, -0.05) is 5.16 Å². The molecule has 1 unspecified atom stereocenters. The standard InChI is InChI=1S/C15H18N2O3S/c1-4-19-15(18)10-6-5-7-11-13(10)16-14(21-11)12-8(2)17-20-9(12)3/h10H,4-7H2,1-3H3. The van der Waals surface area contributed by atoms with Gasteiger partial charge in [-0.25, -0.2) is 4.98 Å². The van der Waals surface area contributed by atoms with Crippen LogP contribution in [-0.4, -0.2) is 22.7 Å². The lowest BCUT2D eigenvalue weighted by Crippen LogP contribution is -2.20. The molecule has 0 aliphatic heterocycles. The van der Waals surface area contributed by atoms with Gasteiger partial charge in [0.05, 0.1) is 23.6 Å². The van der Waals surface area contributed by atoms with E-state index in [-0.39, 0.29) is 11.9 Å². The summed E-state index contributed by atoms with van der Waals surface area (Å²) in [5, 5.41) is 4.88. The van der Waals surface area contributed by atoms with E-state index in [0.29, 0.717) is 6.61 Å². The number of fused-ring (bicyclic) bond motifs is 1. The van der Waals surface area contributed by atoms with E-state index in [2.05, 4.69) is 5.16 Å². The van der Waals surface area contributed by atoms with Crippen molar-refractivity contribution in [1.29, 1.82) is 0 Å². The van der Waals surface area contributed by atoms with Crippen LogP contribution in [0.1, 0.15) is 47.7 Å². The van der Waals surface area contributed by atoms with Gasteiger partial charge < -0.3 is 9.26 Å². The fourth-order valence-electron chi connectivity index (χ4n) is 2.79. The van der Waals surface area contributed by atoms with Crippen LogP contribution in [0.15, 0.2) is 4.52 Å². The van der Waals surface area contributed by atoms with E-state index >= 15 is 0 Å². The van der Waals surface area contributed by atoms with Crippen molar-refractivity contribution in [2.24, 2.45) is 0 Å². The van der Waals surface area contributed by atoms with Crippen LogP contribution >= 0.6 is 11.3 Å². The Morgan fingerprint density at radius 3 is 2.95 bits per heavy atom. The lowest BCUT2D eigenvalue weighted by atomic mass is 9.91. The Hall–Kier alpha value is -1.69. The number of nitrogens with zero attached hydrogens (tertiary/aromatic N) is 2. The van der Waals surface area contributed by atoms with Crippen molar-refractivity contribution in [3.05, 3.63) is 22.0 Å². The first-order valence-corrected chi connectivity index (χ1v) is 8.03. The number of aryl methyl sites for hydroxylation is 3. The molecule has 0 radical (unpaired) electrons. The zero-order chi connectivity index (χ0) is 15.0. The van der Waals surface area contributed by atoms with Gasteiger partial charge in [0.15, 0.2) is 0 Å². The Kier molecular flexibility index (Phi) is 3.80. The second kappa shape index (κ2) is 5.60. The van der Waals surface area contributed by atoms with Gasteiger partial charge in [-0.3, -0.25) is 4.79 Å². The third-order valence-corrected chi connectivity index (χ3v) is 4.92. The van der Waals surface area contributed by atoms with E-state index in [1.807, 2.05) is 20.8 Å². The van der Waals surface area contributed by atoms with E-state index in [9.17, 15) is 4.79 Å². The molecule has 0 fully saturated rings. The summed E-state index contributed by atoms with van der Waals surface area (Å²) in [6, 6.07) is 0. The molecule has 2 aromatic rings. The Bertz CT molecular complexity index is 655. The van der Waals surface area contributed by atoms with E-state index < -0.39 is 0 Å². The highest BCUT2D eigenvalue weighted by molar-refractivity contribution is 7.15. The zero-order valence-electron chi connectivity index (χ0n) is 12.4. The van der Waals surface area contributed by atoms with Crippen LogP contribution in [-0.2, 0) is 16.0 Å². The predicted octanol–water partition coefficient (Wildman–Crippen LogP) is 3.40. The number of rotatable bonds is 3. The fraction of sp³-hybridized carbons (Fsp3) is 0.533. The van der Waals surface area contributed by atoms with Crippen LogP contribution in [0, 0.1) is 13.8 Å². The summed E-state index contributed by atoms with van der Waals surface area (Å²) >= 11 is 1.64. The molecule has 0 N–H and O–H groups in total. The summed E-state index contributed by atoms with van der Waals surface area (Å²) < 4.78 is 10.4. The maximum absolute atomic E-state index is 12.1. The van der Waals surface area contributed by atoms with Gasteiger partial charge in [0, 0.05) is 4.88 Å². The molecule has 0 amide bonds. The lowest BCUT2D eigenvalue weighted by molar-refractivity contribution is -0.145. The molecule has 1 aliphatic rings. The lowest BCUT2D eigenvalue weighted by Gasteiger charge is -2.19. The highest BCUT2D eigenvalue weighted by Crippen LogP contribution is 2.40. The van der Waals surface area contributed by atoms with Crippen LogP contribution in [0.25, 0.3) is 10.6 Å². The fourth-order valence-corrected chi connectivity index (χ4v) is 4.10. The molecule has 112 valence electrons. The van der Waals surface area contributed by atoms with Crippen molar-refractivity contribution >= 4 is 17.3 Å². The van der Waals surface area contributed by atoms with Crippen molar-refractivity contribution < 1.29 is 14.1 Å². The number of ether oxygens (including phenoxy) is 1. The molecule has 0 aromatic carbocycles. The average molecular weight is 306 g/mol. The van der Waals surface area contributed by atoms with Gasteiger partial charge in [0.25, 0.3) is 0 Å². The van der Waals surface area contributed by atoms with Gasteiger partial charge in [-0.2, -0.15) is 0 Å². The summed E-state index contributed by atoms with van der Waals surface area (Å²) in [7, 11) is 0. The summed E-state index contributed by atoms with van der Waals surface area (Å²) in [6.07, 6.45) is 2.79. The summed E-state index contributed by atoms with van der Waals surface area (Å²) in [5.41, 5.74) is 2.68. The number of hydrogen-bond acceptors (Lipinski definition) is 6. The third kappa shape index (κ3) is 2.48. The van der Waals surface area contributed by atoms with Crippen molar-refractivity contribution in [3.8, 4) is 10.6 Å². The van der Waals surface area contributed by atoms with Crippen LogP contribution in [0.2, 0.25) is 0 Å². The molecule has 6 heteroatoms. The molecular formula is C15H18N2O3S.